The van der Waals surface area contributed by atoms with Gasteiger partial charge in [-0.2, -0.15) is 0 Å². The normalized spacial score (nSPS) is 10.9. The summed E-state index contributed by atoms with van der Waals surface area (Å²) in [6.07, 6.45) is 2.87. The number of nitrogens with zero attached hydrogens (tertiary/aromatic N) is 1. The Morgan fingerprint density at radius 1 is 1.18 bits per heavy atom. The summed E-state index contributed by atoms with van der Waals surface area (Å²) in [5.41, 5.74) is 1.31. The molecule has 112 valence electrons. The Balaban J connectivity index is 2.27. The fourth-order valence-electron chi connectivity index (χ4n) is 1.86. The van der Waals surface area contributed by atoms with Crippen LogP contribution in [-0.2, 0) is 0 Å². The van der Waals surface area contributed by atoms with Crippen molar-refractivity contribution in [3.8, 4) is 0 Å². The van der Waals surface area contributed by atoms with Crippen LogP contribution in [0.2, 0.25) is 10.0 Å². The van der Waals surface area contributed by atoms with Gasteiger partial charge in [-0.1, -0.05) is 41.4 Å². The molecule has 0 aromatic heterocycles. The maximum Gasteiger partial charge on any atom is 0.273 e. The third-order valence-corrected chi connectivity index (χ3v) is 3.63. The largest absolute Gasteiger partial charge is 0.289 e. The number of carbonyl (C=O) groups excluding carboxylic acids is 1. The number of hydrogen-bond donors (Lipinski definition) is 0. The Morgan fingerprint density at radius 2 is 1.91 bits per heavy atom. The summed E-state index contributed by atoms with van der Waals surface area (Å²) in [6, 6.07) is 9.29. The zero-order valence-corrected chi connectivity index (χ0v) is 13.1. The average Bonchev–Trinajstić information content (AvgIpc) is 2.46. The van der Waals surface area contributed by atoms with E-state index in [4.69, 9.17) is 23.2 Å². The van der Waals surface area contributed by atoms with Crippen LogP contribution < -0.4 is 0 Å². The molecule has 0 saturated heterocycles. The quantitative estimate of drug-likeness (QED) is 0.337. The maximum atomic E-state index is 12.1. The molecule has 22 heavy (non-hydrogen) atoms. The van der Waals surface area contributed by atoms with E-state index >= 15 is 0 Å². The van der Waals surface area contributed by atoms with Gasteiger partial charge in [0.2, 0.25) is 0 Å². The molecule has 0 atom stereocenters. The Kier molecular flexibility index (Phi) is 4.96. The van der Waals surface area contributed by atoms with E-state index in [1.807, 2.05) is 0 Å². The minimum atomic E-state index is -0.508. The van der Waals surface area contributed by atoms with E-state index in [1.165, 1.54) is 12.1 Å². The van der Waals surface area contributed by atoms with Crippen LogP contribution >= 0.6 is 23.2 Å². The highest BCUT2D eigenvalue weighted by atomic mass is 35.5. The number of nitro benzene ring substituents is 1. The molecule has 0 bridgehead atoms. The maximum absolute atomic E-state index is 12.1. The molecule has 0 saturated carbocycles. The van der Waals surface area contributed by atoms with Crippen LogP contribution in [0.3, 0.4) is 0 Å². The van der Waals surface area contributed by atoms with Crippen molar-refractivity contribution in [3.63, 3.8) is 0 Å². The second kappa shape index (κ2) is 6.73. The smallest absolute Gasteiger partial charge is 0.273 e. The van der Waals surface area contributed by atoms with Crippen LogP contribution in [0.1, 0.15) is 21.5 Å². The molecular formula is C16H11Cl2NO3. The number of allylic oxidation sites excluding steroid dienone is 1. The summed E-state index contributed by atoms with van der Waals surface area (Å²) in [4.78, 5) is 22.5. The highest BCUT2D eigenvalue weighted by Crippen LogP contribution is 2.23. The Labute approximate surface area is 137 Å². The predicted molar refractivity (Wildman–Crippen MR) is 87.7 cm³/mol. The standard InChI is InChI=1S/C16H11Cl2NO3/c1-10-2-3-12(8-15(10)19(21)22)16(20)7-5-11-4-6-13(17)9-14(11)18/h2-9H,1H3. The third-order valence-electron chi connectivity index (χ3n) is 3.07. The van der Waals surface area contributed by atoms with Gasteiger partial charge in [0.1, 0.15) is 0 Å². The number of aryl methyl sites for hydroxylation is 1. The van der Waals surface area contributed by atoms with Crippen molar-refractivity contribution in [3.05, 3.63) is 79.3 Å². The molecular weight excluding hydrogens is 325 g/mol. The van der Waals surface area contributed by atoms with Gasteiger partial charge < -0.3 is 0 Å². The van der Waals surface area contributed by atoms with Crippen molar-refractivity contribution < 1.29 is 9.72 Å². The van der Waals surface area contributed by atoms with Crippen molar-refractivity contribution in [2.75, 3.05) is 0 Å². The molecule has 2 aromatic carbocycles. The van der Waals surface area contributed by atoms with Crippen molar-refractivity contribution >= 4 is 40.7 Å². The van der Waals surface area contributed by atoms with E-state index in [1.54, 1.807) is 43.3 Å². The SMILES string of the molecule is Cc1ccc(C(=O)C=Cc2ccc(Cl)cc2Cl)cc1[N+](=O)[O-]. The summed E-state index contributed by atoms with van der Waals surface area (Å²) in [7, 11) is 0. The van der Waals surface area contributed by atoms with E-state index in [2.05, 4.69) is 0 Å². The molecule has 0 radical (unpaired) electrons. The average molecular weight is 336 g/mol. The number of hydrogen-bond acceptors (Lipinski definition) is 3. The van der Waals surface area contributed by atoms with E-state index < -0.39 is 4.92 Å². The summed E-state index contributed by atoms with van der Waals surface area (Å²) in [5.74, 6) is -0.339. The Hall–Kier alpha value is -2.17. The minimum Gasteiger partial charge on any atom is -0.289 e. The van der Waals surface area contributed by atoms with Crippen molar-refractivity contribution in [1.82, 2.24) is 0 Å². The van der Waals surface area contributed by atoms with Crippen LogP contribution in [-0.4, -0.2) is 10.7 Å². The highest BCUT2D eigenvalue weighted by Gasteiger charge is 2.13. The number of carbonyl (C=O) groups is 1. The summed E-state index contributed by atoms with van der Waals surface area (Å²) < 4.78 is 0. The predicted octanol–water partition coefficient (Wildman–Crippen LogP) is 5.11. The number of rotatable bonds is 4. The first-order valence-electron chi connectivity index (χ1n) is 6.31. The fraction of sp³-hybridized carbons (Fsp3) is 0.0625. The lowest BCUT2D eigenvalue weighted by molar-refractivity contribution is -0.385. The zero-order chi connectivity index (χ0) is 16.3. The summed E-state index contributed by atoms with van der Waals surface area (Å²) in [5, 5.41) is 11.8. The topological polar surface area (TPSA) is 60.2 Å². The Bertz CT molecular complexity index is 785. The second-order valence-electron chi connectivity index (χ2n) is 4.62. The molecule has 0 aliphatic rings. The van der Waals surface area contributed by atoms with Crippen LogP contribution in [0.4, 0.5) is 5.69 Å². The van der Waals surface area contributed by atoms with Gasteiger partial charge >= 0.3 is 0 Å². The van der Waals surface area contributed by atoms with Gasteiger partial charge in [0.25, 0.3) is 5.69 Å². The van der Waals surface area contributed by atoms with E-state index in [0.717, 1.165) is 0 Å². The van der Waals surface area contributed by atoms with Crippen molar-refractivity contribution in [1.29, 1.82) is 0 Å². The molecule has 4 nitrogen and oxygen atoms in total. The highest BCUT2D eigenvalue weighted by molar-refractivity contribution is 6.35. The molecule has 0 unspecified atom stereocenters. The van der Waals surface area contributed by atoms with Gasteiger partial charge in [-0.3, -0.25) is 14.9 Å². The number of benzene rings is 2. The van der Waals surface area contributed by atoms with Crippen LogP contribution in [0.5, 0.6) is 0 Å². The lowest BCUT2D eigenvalue weighted by Crippen LogP contribution is -1.98. The van der Waals surface area contributed by atoms with Crippen LogP contribution in [0, 0.1) is 17.0 Å². The molecule has 0 aliphatic carbocycles. The van der Waals surface area contributed by atoms with Crippen molar-refractivity contribution in [2.24, 2.45) is 0 Å². The minimum absolute atomic E-state index is 0.0798. The lowest BCUT2D eigenvalue weighted by Gasteiger charge is -2.01. The first kappa shape index (κ1) is 16.2. The van der Waals surface area contributed by atoms with E-state index in [0.29, 0.717) is 21.2 Å². The molecule has 0 heterocycles. The molecule has 2 aromatic rings. The van der Waals surface area contributed by atoms with Gasteiger partial charge in [0, 0.05) is 27.2 Å². The first-order valence-corrected chi connectivity index (χ1v) is 7.06. The molecule has 0 fully saturated rings. The molecule has 0 spiro atoms. The van der Waals surface area contributed by atoms with Crippen molar-refractivity contribution in [2.45, 2.75) is 6.92 Å². The van der Waals surface area contributed by atoms with E-state index in [-0.39, 0.29) is 17.0 Å². The van der Waals surface area contributed by atoms with Crippen LogP contribution in [0.15, 0.2) is 42.5 Å². The van der Waals surface area contributed by atoms with Gasteiger partial charge in [-0.25, -0.2) is 0 Å². The zero-order valence-electron chi connectivity index (χ0n) is 11.5. The summed E-state index contributed by atoms with van der Waals surface area (Å²) >= 11 is 11.8. The van der Waals surface area contributed by atoms with E-state index in [9.17, 15) is 14.9 Å². The number of ketones is 1. The molecule has 0 N–H and O–H groups in total. The number of nitro groups is 1. The third kappa shape index (κ3) is 3.72. The molecule has 6 heteroatoms. The molecule has 0 amide bonds. The summed E-state index contributed by atoms with van der Waals surface area (Å²) in [6.45, 7) is 1.62. The first-order chi connectivity index (χ1) is 10.4. The van der Waals surface area contributed by atoms with Crippen LogP contribution in [0.25, 0.3) is 6.08 Å². The molecule has 0 aliphatic heterocycles. The lowest BCUT2D eigenvalue weighted by atomic mass is 10.1. The monoisotopic (exact) mass is 335 g/mol. The fourth-order valence-corrected chi connectivity index (χ4v) is 2.33. The second-order valence-corrected chi connectivity index (χ2v) is 5.47. The number of halogens is 2. The van der Waals surface area contributed by atoms with Gasteiger partial charge in [-0.15, -0.1) is 0 Å². The van der Waals surface area contributed by atoms with Gasteiger partial charge in [-0.05, 0) is 36.8 Å². The molecule has 2 rings (SSSR count). The van der Waals surface area contributed by atoms with Gasteiger partial charge in [0.05, 0.1) is 4.92 Å². The van der Waals surface area contributed by atoms with Gasteiger partial charge in [0.15, 0.2) is 5.78 Å². The Morgan fingerprint density at radius 3 is 2.55 bits per heavy atom.